The van der Waals surface area contributed by atoms with Crippen molar-refractivity contribution in [3.63, 3.8) is 0 Å². The monoisotopic (exact) mass is 285 g/mol. The van der Waals surface area contributed by atoms with Crippen molar-refractivity contribution in [2.75, 3.05) is 13.2 Å². The Balaban J connectivity index is 2.33. The number of carbonyl (C=O) groups is 1. The van der Waals surface area contributed by atoms with E-state index >= 15 is 0 Å². The lowest BCUT2D eigenvalue weighted by Crippen LogP contribution is -2.22. The molecule has 1 unspecified atom stereocenters. The fourth-order valence-corrected chi connectivity index (χ4v) is 2.29. The van der Waals surface area contributed by atoms with Crippen LogP contribution in [0.1, 0.15) is 20.3 Å². The normalized spacial score (nSPS) is 11.9. The molecule has 0 aliphatic heterocycles. The van der Waals surface area contributed by atoms with E-state index in [0.29, 0.717) is 18.4 Å². The Hall–Kier alpha value is -0.810. The highest BCUT2D eigenvalue weighted by atomic mass is 32.2. The summed E-state index contributed by atoms with van der Waals surface area (Å²) < 4.78 is 5.48. The Morgan fingerprint density at radius 3 is 2.67 bits per heavy atom. The first kappa shape index (κ1) is 15.2. The van der Waals surface area contributed by atoms with Gasteiger partial charge in [-0.25, -0.2) is 0 Å². The van der Waals surface area contributed by atoms with Gasteiger partial charge in [-0.2, -0.15) is 0 Å². The molecule has 18 heavy (non-hydrogen) atoms. The van der Waals surface area contributed by atoms with Crippen molar-refractivity contribution in [3.8, 4) is 5.75 Å². The van der Waals surface area contributed by atoms with Crippen LogP contribution in [0.5, 0.6) is 5.75 Å². The van der Waals surface area contributed by atoms with Crippen molar-refractivity contribution < 1.29 is 9.53 Å². The molecule has 1 atom stereocenters. The Morgan fingerprint density at radius 1 is 1.44 bits per heavy atom. The van der Waals surface area contributed by atoms with Crippen LogP contribution in [0.3, 0.4) is 0 Å². The molecule has 0 saturated carbocycles. The van der Waals surface area contributed by atoms with Crippen molar-refractivity contribution in [3.05, 3.63) is 24.3 Å². The third-order valence-electron chi connectivity index (χ3n) is 2.38. The summed E-state index contributed by atoms with van der Waals surface area (Å²) in [6.45, 7) is 5.32. The standard InChI is InChI=1S/C13H19NO2S2/c1-3-10(2)18-12-6-4-11(5-7-12)16-9-8-14-13(15)17/h4-7,10H,3,8-9H2,1-2H3,(H2,14,15,17). The second-order valence-corrected chi connectivity index (χ2v) is 5.81. The van der Waals surface area contributed by atoms with Gasteiger partial charge in [0.15, 0.2) is 0 Å². The van der Waals surface area contributed by atoms with Gasteiger partial charge in [0.1, 0.15) is 12.4 Å². The first-order valence-electron chi connectivity index (χ1n) is 5.98. The van der Waals surface area contributed by atoms with E-state index in [1.807, 2.05) is 23.9 Å². The first-order valence-corrected chi connectivity index (χ1v) is 7.30. The van der Waals surface area contributed by atoms with E-state index < -0.39 is 0 Å². The molecule has 0 radical (unpaired) electrons. The summed E-state index contributed by atoms with van der Waals surface area (Å²) in [5.74, 6) is 0.817. The van der Waals surface area contributed by atoms with Crippen molar-refractivity contribution in [1.82, 2.24) is 5.32 Å². The van der Waals surface area contributed by atoms with Crippen LogP contribution < -0.4 is 10.1 Å². The number of ether oxygens (including phenoxy) is 1. The molecule has 1 aromatic carbocycles. The van der Waals surface area contributed by atoms with Gasteiger partial charge in [0.05, 0.1) is 6.54 Å². The van der Waals surface area contributed by atoms with Crippen LogP contribution in [0.15, 0.2) is 29.2 Å². The fourth-order valence-electron chi connectivity index (χ4n) is 1.26. The molecule has 0 aliphatic carbocycles. The Morgan fingerprint density at radius 2 is 2.11 bits per heavy atom. The molecule has 5 heteroatoms. The summed E-state index contributed by atoms with van der Waals surface area (Å²) in [7, 11) is 0. The lowest BCUT2D eigenvalue weighted by atomic mass is 10.3. The molecule has 1 aromatic rings. The number of rotatable bonds is 7. The fraction of sp³-hybridized carbons (Fsp3) is 0.462. The highest BCUT2D eigenvalue weighted by molar-refractivity contribution is 8.00. The third-order valence-corrected chi connectivity index (χ3v) is 3.82. The molecule has 0 aliphatic rings. The summed E-state index contributed by atoms with van der Waals surface area (Å²) in [4.78, 5) is 11.8. The molecule has 0 saturated heterocycles. The van der Waals surface area contributed by atoms with Gasteiger partial charge >= 0.3 is 0 Å². The summed E-state index contributed by atoms with van der Waals surface area (Å²) >= 11 is 5.47. The van der Waals surface area contributed by atoms with E-state index in [9.17, 15) is 4.79 Å². The number of hydrogen-bond donors (Lipinski definition) is 2. The van der Waals surface area contributed by atoms with E-state index in [0.717, 1.165) is 12.2 Å². The summed E-state index contributed by atoms with van der Waals surface area (Å²) in [6.07, 6.45) is 1.16. The Bertz CT molecular complexity index is 368. The zero-order chi connectivity index (χ0) is 13.4. The molecule has 3 nitrogen and oxygen atoms in total. The second kappa shape index (κ2) is 8.32. The quantitative estimate of drug-likeness (QED) is 0.457. The van der Waals surface area contributed by atoms with Gasteiger partial charge in [0.25, 0.3) is 5.24 Å². The summed E-state index contributed by atoms with van der Waals surface area (Å²) in [6, 6.07) is 8.02. The van der Waals surface area contributed by atoms with Gasteiger partial charge in [-0.05, 0) is 30.7 Å². The molecule has 1 amide bonds. The smallest absolute Gasteiger partial charge is 0.276 e. The molecule has 0 bridgehead atoms. The average molecular weight is 285 g/mol. The average Bonchev–Trinajstić information content (AvgIpc) is 2.36. The minimum absolute atomic E-state index is 0.334. The van der Waals surface area contributed by atoms with E-state index in [1.165, 1.54) is 4.90 Å². The molecule has 0 fully saturated rings. The van der Waals surface area contributed by atoms with Gasteiger partial charge in [-0.3, -0.25) is 4.79 Å². The van der Waals surface area contributed by atoms with Gasteiger partial charge in [0.2, 0.25) is 0 Å². The second-order valence-electron chi connectivity index (χ2n) is 3.89. The number of nitrogens with one attached hydrogen (secondary N) is 1. The molecule has 0 spiro atoms. The van der Waals surface area contributed by atoms with Crippen LogP contribution in [-0.4, -0.2) is 23.6 Å². The van der Waals surface area contributed by atoms with Crippen LogP contribution in [0.4, 0.5) is 4.79 Å². The van der Waals surface area contributed by atoms with Crippen LogP contribution in [-0.2, 0) is 0 Å². The van der Waals surface area contributed by atoms with Gasteiger partial charge < -0.3 is 10.1 Å². The maximum Gasteiger partial charge on any atom is 0.276 e. The van der Waals surface area contributed by atoms with Crippen LogP contribution in [0.25, 0.3) is 0 Å². The summed E-state index contributed by atoms with van der Waals surface area (Å²) in [5.41, 5.74) is 0. The van der Waals surface area contributed by atoms with Crippen molar-refractivity contribution in [2.45, 2.75) is 30.4 Å². The van der Waals surface area contributed by atoms with Crippen molar-refractivity contribution >= 4 is 29.6 Å². The highest BCUT2D eigenvalue weighted by Crippen LogP contribution is 2.26. The SMILES string of the molecule is CCC(C)Sc1ccc(OCCNC(=O)S)cc1. The molecular formula is C13H19NO2S2. The van der Waals surface area contributed by atoms with Crippen LogP contribution in [0, 0.1) is 0 Å². The molecular weight excluding hydrogens is 266 g/mol. The molecule has 1 N–H and O–H groups in total. The van der Waals surface area contributed by atoms with Gasteiger partial charge in [-0.1, -0.05) is 26.5 Å². The predicted molar refractivity (Wildman–Crippen MR) is 79.9 cm³/mol. The number of amides is 1. The topological polar surface area (TPSA) is 38.3 Å². The lowest BCUT2D eigenvalue weighted by molar-refractivity contribution is 0.256. The molecule has 0 heterocycles. The number of thioether (sulfide) groups is 1. The van der Waals surface area contributed by atoms with Crippen molar-refractivity contribution in [1.29, 1.82) is 0 Å². The largest absolute Gasteiger partial charge is 0.492 e. The minimum Gasteiger partial charge on any atom is -0.492 e. The zero-order valence-electron chi connectivity index (χ0n) is 10.7. The number of carbonyl (C=O) groups excluding carboxylic acids is 1. The number of thiol groups is 1. The van der Waals surface area contributed by atoms with E-state index in [-0.39, 0.29) is 5.24 Å². The van der Waals surface area contributed by atoms with Crippen LogP contribution in [0.2, 0.25) is 0 Å². The molecule has 1 rings (SSSR count). The van der Waals surface area contributed by atoms with E-state index in [4.69, 9.17) is 4.74 Å². The lowest BCUT2D eigenvalue weighted by Gasteiger charge is -2.09. The molecule has 100 valence electrons. The summed E-state index contributed by atoms with van der Waals surface area (Å²) in [5, 5.41) is 2.85. The maximum atomic E-state index is 10.5. The Kier molecular flexibility index (Phi) is 7.05. The predicted octanol–water partition coefficient (Wildman–Crippen LogP) is 3.60. The van der Waals surface area contributed by atoms with Gasteiger partial charge in [-0.15, -0.1) is 11.8 Å². The van der Waals surface area contributed by atoms with Crippen LogP contribution >= 0.6 is 24.4 Å². The Labute approximate surface area is 118 Å². The third kappa shape index (κ3) is 6.21. The minimum atomic E-state index is -0.334. The zero-order valence-corrected chi connectivity index (χ0v) is 12.4. The molecule has 0 aromatic heterocycles. The van der Waals surface area contributed by atoms with E-state index in [1.54, 1.807) is 0 Å². The number of hydrogen-bond acceptors (Lipinski definition) is 3. The van der Waals surface area contributed by atoms with E-state index in [2.05, 4.69) is 43.9 Å². The van der Waals surface area contributed by atoms with Gasteiger partial charge in [0, 0.05) is 10.1 Å². The number of benzene rings is 1. The highest BCUT2D eigenvalue weighted by Gasteiger charge is 2.02. The first-order chi connectivity index (χ1) is 8.61. The van der Waals surface area contributed by atoms with Crippen molar-refractivity contribution in [2.24, 2.45) is 0 Å². The maximum absolute atomic E-state index is 10.5.